The third-order valence-corrected chi connectivity index (χ3v) is 4.14. The summed E-state index contributed by atoms with van der Waals surface area (Å²) in [6.45, 7) is 9.79. The molecule has 1 unspecified atom stereocenters. The number of aryl methyl sites for hydroxylation is 2. The molecule has 2 rings (SSSR count). The van der Waals surface area contributed by atoms with Gasteiger partial charge in [-0.15, -0.1) is 0 Å². The smallest absolute Gasteiger partial charge is 0.261 e. The second kappa shape index (κ2) is 8.01. The predicted octanol–water partition coefficient (Wildman–Crippen LogP) is 3.20. The van der Waals surface area contributed by atoms with Gasteiger partial charge in [0.05, 0.1) is 0 Å². The first kappa shape index (κ1) is 18.8. The number of carbonyl (C=O) groups excluding carboxylic acids is 1. The summed E-state index contributed by atoms with van der Waals surface area (Å²) in [6, 6.07) is 9.63. The second-order valence-corrected chi connectivity index (χ2v) is 6.65. The van der Waals surface area contributed by atoms with Gasteiger partial charge in [0.25, 0.3) is 11.5 Å². The number of benzene rings is 1. The number of hydrogen-bond donors (Lipinski definition) is 2. The zero-order chi connectivity index (χ0) is 18.6. The lowest BCUT2D eigenvalue weighted by Crippen LogP contribution is -2.37. The number of ether oxygens (including phenoxy) is 1. The molecule has 0 saturated carbocycles. The number of amides is 1. The molecule has 0 bridgehead atoms. The number of hydrogen-bond acceptors (Lipinski definition) is 3. The van der Waals surface area contributed by atoms with E-state index in [1.54, 1.807) is 6.92 Å². The zero-order valence-electron chi connectivity index (χ0n) is 15.5. The number of rotatable bonds is 6. The van der Waals surface area contributed by atoms with Gasteiger partial charge in [-0.25, -0.2) is 0 Å². The summed E-state index contributed by atoms with van der Waals surface area (Å²) in [5, 5.41) is 2.77. The number of nitrogens with one attached hydrogen (secondary N) is 2. The molecule has 1 heterocycles. The lowest BCUT2D eigenvalue weighted by molar-refractivity contribution is -0.127. The Hall–Kier alpha value is -2.56. The van der Waals surface area contributed by atoms with Crippen LogP contribution in [0.4, 0.5) is 0 Å². The Morgan fingerprint density at radius 3 is 2.56 bits per heavy atom. The predicted molar refractivity (Wildman–Crippen MR) is 99.0 cm³/mol. The number of aromatic nitrogens is 1. The molecule has 1 aromatic heterocycles. The van der Waals surface area contributed by atoms with Gasteiger partial charge in [0.15, 0.2) is 6.10 Å². The summed E-state index contributed by atoms with van der Waals surface area (Å²) in [6.07, 6.45) is -0.646. The van der Waals surface area contributed by atoms with Crippen LogP contribution < -0.4 is 15.6 Å². The van der Waals surface area contributed by atoms with E-state index in [1.807, 2.05) is 44.2 Å². The molecule has 5 nitrogen and oxygen atoms in total. The van der Waals surface area contributed by atoms with E-state index in [4.69, 9.17) is 4.74 Å². The van der Waals surface area contributed by atoms with Crippen LogP contribution in [-0.4, -0.2) is 17.0 Å². The first-order chi connectivity index (χ1) is 11.8. The lowest BCUT2D eigenvalue weighted by Gasteiger charge is -2.16. The van der Waals surface area contributed by atoms with Crippen molar-refractivity contribution in [2.24, 2.45) is 0 Å². The Morgan fingerprint density at radius 2 is 1.92 bits per heavy atom. The van der Waals surface area contributed by atoms with E-state index in [0.29, 0.717) is 17.2 Å². The zero-order valence-corrected chi connectivity index (χ0v) is 15.5. The molecule has 1 aromatic carbocycles. The first-order valence-electron chi connectivity index (χ1n) is 8.51. The van der Waals surface area contributed by atoms with E-state index >= 15 is 0 Å². The number of H-pyrrole nitrogens is 1. The van der Waals surface area contributed by atoms with Gasteiger partial charge in [-0.05, 0) is 56.0 Å². The second-order valence-electron chi connectivity index (χ2n) is 6.65. The standard InChI is InChI=1S/C20H26N2O3/c1-12(2)16-7-6-8-17(10-16)25-15(5)19(23)21-11-18-13(3)9-14(4)22-20(18)24/h6-10,12,15H,11H2,1-5H3,(H,21,23)(H,22,24). The van der Waals surface area contributed by atoms with Crippen LogP contribution in [0.5, 0.6) is 5.75 Å². The monoisotopic (exact) mass is 342 g/mol. The molecule has 0 fully saturated rings. The van der Waals surface area contributed by atoms with Crippen LogP contribution in [0.15, 0.2) is 35.1 Å². The molecule has 5 heteroatoms. The fourth-order valence-corrected chi connectivity index (χ4v) is 2.63. The van der Waals surface area contributed by atoms with Gasteiger partial charge in [-0.2, -0.15) is 0 Å². The summed E-state index contributed by atoms with van der Waals surface area (Å²) in [4.78, 5) is 27.0. The van der Waals surface area contributed by atoms with Crippen LogP contribution in [0, 0.1) is 13.8 Å². The summed E-state index contributed by atoms with van der Waals surface area (Å²) in [7, 11) is 0. The van der Waals surface area contributed by atoms with E-state index in [9.17, 15) is 9.59 Å². The topological polar surface area (TPSA) is 71.2 Å². The highest BCUT2D eigenvalue weighted by molar-refractivity contribution is 5.80. The van der Waals surface area contributed by atoms with Gasteiger partial charge in [0.2, 0.25) is 0 Å². The summed E-state index contributed by atoms with van der Waals surface area (Å²) >= 11 is 0. The molecular weight excluding hydrogens is 316 g/mol. The van der Waals surface area contributed by atoms with Crippen molar-refractivity contribution < 1.29 is 9.53 Å². The minimum absolute atomic E-state index is 0.170. The van der Waals surface area contributed by atoms with Gasteiger partial charge in [-0.1, -0.05) is 26.0 Å². The Kier molecular flexibility index (Phi) is 6.02. The molecule has 0 spiro atoms. The van der Waals surface area contributed by atoms with E-state index < -0.39 is 6.10 Å². The average molecular weight is 342 g/mol. The highest BCUT2D eigenvalue weighted by Gasteiger charge is 2.16. The van der Waals surface area contributed by atoms with E-state index in [2.05, 4.69) is 24.1 Å². The number of aromatic amines is 1. The van der Waals surface area contributed by atoms with Gasteiger partial charge in [0.1, 0.15) is 5.75 Å². The molecule has 1 atom stereocenters. The van der Waals surface area contributed by atoms with Gasteiger partial charge in [0, 0.05) is 17.8 Å². The van der Waals surface area contributed by atoms with Crippen molar-refractivity contribution >= 4 is 5.91 Å². The summed E-state index contributed by atoms with van der Waals surface area (Å²) < 4.78 is 5.74. The lowest BCUT2D eigenvalue weighted by atomic mass is 10.0. The normalized spacial score (nSPS) is 12.1. The number of carbonyl (C=O) groups is 1. The van der Waals surface area contributed by atoms with Gasteiger partial charge >= 0.3 is 0 Å². The Balaban J connectivity index is 1.99. The molecule has 0 aliphatic carbocycles. The van der Waals surface area contributed by atoms with Gasteiger partial charge < -0.3 is 15.0 Å². The van der Waals surface area contributed by atoms with Crippen molar-refractivity contribution in [1.82, 2.24) is 10.3 Å². The van der Waals surface area contributed by atoms with Crippen LogP contribution in [0.3, 0.4) is 0 Å². The molecule has 0 saturated heterocycles. The van der Waals surface area contributed by atoms with Crippen LogP contribution in [0.2, 0.25) is 0 Å². The van der Waals surface area contributed by atoms with E-state index in [0.717, 1.165) is 16.8 Å². The first-order valence-corrected chi connectivity index (χ1v) is 8.51. The van der Waals surface area contributed by atoms with E-state index in [-0.39, 0.29) is 18.0 Å². The molecule has 2 N–H and O–H groups in total. The fraction of sp³-hybridized carbons (Fsp3) is 0.400. The van der Waals surface area contributed by atoms with Crippen molar-refractivity contribution in [2.75, 3.05) is 0 Å². The van der Waals surface area contributed by atoms with Crippen LogP contribution in [-0.2, 0) is 11.3 Å². The summed E-state index contributed by atoms with van der Waals surface area (Å²) in [5.41, 5.74) is 3.22. The van der Waals surface area contributed by atoms with Crippen molar-refractivity contribution in [1.29, 1.82) is 0 Å². The quantitative estimate of drug-likeness (QED) is 0.847. The van der Waals surface area contributed by atoms with Crippen molar-refractivity contribution in [2.45, 2.75) is 53.2 Å². The molecule has 25 heavy (non-hydrogen) atoms. The fourth-order valence-electron chi connectivity index (χ4n) is 2.63. The van der Waals surface area contributed by atoms with Crippen molar-refractivity contribution in [3.8, 4) is 5.75 Å². The Morgan fingerprint density at radius 1 is 1.20 bits per heavy atom. The van der Waals surface area contributed by atoms with Crippen molar-refractivity contribution in [3.05, 3.63) is 63.1 Å². The Bertz CT molecular complexity index is 809. The van der Waals surface area contributed by atoms with Gasteiger partial charge in [-0.3, -0.25) is 9.59 Å². The largest absolute Gasteiger partial charge is 0.481 e. The molecule has 134 valence electrons. The van der Waals surface area contributed by atoms with Crippen molar-refractivity contribution in [3.63, 3.8) is 0 Å². The molecule has 1 amide bonds. The number of pyridine rings is 1. The minimum atomic E-state index is -0.646. The summed E-state index contributed by atoms with van der Waals surface area (Å²) in [5.74, 6) is 0.802. The van der Waals surface area contributed by atoms with Crippen LogP contribution in [0.1, 0.15) is 49.1 Å². The van der Waals surface area contributed by atoms with E-state index in [1.165, 1.54) is 0 Å². The van der Waals surface area contributed by atoms with Crippen LogP contribution in [0.25, 0.3) is 0 Å². The highest BCUT2D eigenvalue weighted by atomic mass is 16.5. The molecule has 0 radical (unpaired) electrons. The average Bonchev–Trinajstić information content (AvgIpc) is 2.53. The van der Waals surface area contributed by atoms with Crippen LogP contribution >= 0.6 is 0 Å². The maximum absolute atomic E-state index is 12.3. The minimum Gasteiger partial charge on any atom is -0.481 e. The highest BCUT2D eigenvalue weighted by Crippen LogP contribution is 2.21. The molecule has 2 aromatic rings. The maximum Gasteiger partial charge on any atom is 0.261 e. The maximum atomic E-state index is 12.3. The molecule has 0 aliphatic heterocycles. The molecule has 0 aliphatic rings. The molecular formula is C20H26N2O3. The Labute approximate surface area is 148 Å². The SMILES string of the molecule is Cc1cc(C)c(CNC(=O)C(C)Oc2cccc(C(C)C)c2)c(=O)[nH]1. The third kappa shape index (κ3) is 4.95. The third-order valence-electron chi connectivity index (χ3n) is 4.14.